The Morgan fingerprint density at radius 2 is 2.00 bits per heavy atom. The van der Waals surface area contributed by atoms with Gasteiger partial charge in [0.15, 0.2) is 23.5 Å². The second-order valence-corrected chi connectivity index (χ2v) is 8.88. The number of nitrogens with one attached hydrogen (secondary N) is 1. The second kappa shape index (κ2) is 9.02. The van der Waals surface area contributed by atoms with Crippen LogP contribution in [-0.2, 0) is 11.2 Å². The third-order valence-electron chi connectivity index (χ3n) is 5.70. The van der Waals surface area contributed by atoms with Crippen LogP contribution in [0.1, 0.15) is 50.9 Å². The third kappa shape index (κ3) is 4.77. The average molecular weight is 435 g/mol. The van der Waals surface area contributed by atoms with Crippen LogP contribution in [-0.4, -0.2) is 27.0 Å². The van der Waals surface area contributed by atoms with Gasteiger partial charge in [-0.25, -0.2) is 14.4 Å². The lowest BCUT2D eigenvalue weighted by molar-refractivity contribution is -0.129. The van der Waals surface area contributed by atoms with Gasteiger partial charge in [0, 0.05) is 29.7 Å². The van der Waals surface area contributed by atoms with Crippen molar-refractivity contribution in [2.24, 2.45) is 5.41 Å². The maximum atomic E-state index is 14.0. The predicted molar refractivity (Wildman–Crippen MR) is 119 cm³/mol. The zero-order valence-corrected chi connectivity index (χ0v) is 18.5. The van der Waals surface area contributed by atoms with E-state index in [1.165, 1.54) is 12.1 Å². The number of hydrogen-bond donors (Lipinski definition) is 1. The van der Waals surface area contributed by atoms with E-state index in [9.17, 15) is 9.18 Å². The maximum absolute atomic E-state index is 14.0. The summed E-state index contributed by atoms with van der Waals surface area (Å²) in [6.45, 7) is 6.17. The Bertz CT molecular complexity index is 1100. The number of para-hydroxylation sites is 1. The molecular formula is C25H27FN4O2. The number of rotatable bonds is 6. The molecule has 0 unspecified atom stereocenters. The minimum absolute atomic E-state index is 0.0527. The van der Waals surface area contributed by atoms with Gasteiger partial charge in [0.1, 0.15) is 0 Å². The van der Waals surface area contributed by atoms with Crippen molar-refractivity contribution in [1.29, 1.82) is 0 Å². The number of nitrogens with zero attached hydrogens (tertiary/aromatic N) is 3. The van der Waals surface area contributed by atoms with Crippen molar-refractivity contribution < 1.29 is 13.9 Å². The normalized spacial score (nSPS) is 17.8. The summed E-state index contributed by atoms with van der Waals surface area (Å²) in [6, 6.07) is 9.62. The molecule has 32 heavy (non-hydrogen) atoms. The van der Waals surface area contributed by atoms with Crippen molar-refractivity contribution in [2.45, 2.75) is 52.2 Å². The van der Waals surface area contributed by atoms with Crippen molar-refractivity contribution in [3.8, 4) is 17.1 Å². The molecule has 1 aliphatic carbocycles. The lowest BCUT2D eigenvalue weighted by atomic mass is 9.74. The first-order chi connectivity index (χ1) is 15.4. The van der Waals surface area contributed by atoms with Crippen LogP contribution >= 0.6 is 0 Å². The quantitative estimate of drug-likeness (QED) is 0.610. The summed E-state index contributed by atoms with van der Waals surface area (Å²) >= 11 is 0. The van der Waals surface area contributed by atoms with Gasteiger partial charge in [0.2, 0.25) is 0 Å². The molecule has 1 aromatic carbocycles. The van der Waals surface area contributed by atoms with Gasteiger partial charge in [-0.15, -0.1) is 0 Å². The molecule has 4 rings (SSSR count). The van der Waals surface area contributed by atoms with Crippen LogP contribution in [0.2, 0.25) is 0 Å². The molecule has 0 radical (unpaired) electrons. The Kier molecular flexibility index (Phi) is 6.17. The van der Waals surface area contributed by atoms with E-state index in [0.717, 1.165) is 29.7 Å². The molecule has 1 aliphatic rings. The zero-order valence-electron chi connectivity index (χ0n) is 18.5. The molecule has 2 atom stereocenters. The smallest absolute Gasteiger partial charge is 0.261 e. The van der Waals surface area contributed by atoms with E-state index in [1.807, 2.05) is 19.1 Å². The molecule has 7 heteroatoms. The van der Waals surface area contributed by atoms with E-state index >= 15 is 0 Å². The first-order valence-electron chi connectivity index (χ1n) is 10.8. The minimum atomic E-state index is -0.794. The van der Waals surface area contributed by atoms with Crippen molar-refractivity contribution in [3.63, 3.8) is 0 Å². The highest BCUT2D eigenvalue weighted by Gasteiger charge is 2.35. The molecule has 0 fully saturated rings. The number of halogens is 1. The fourth-order valence-electron chi connectivity index (χ4n) is 4.10. The summed E-state index contributed by atoms with van der Waals surface area (Å²) in [5.41, 5.74) is 2.69. The summed E-state index contributed by atoms with van der Waals surface area (Å²) in [6.07, 6.45) is 6.39. The van der Waals surface area contributed by atoms with E-state index in [2.05, 4.69) is 29.1 Å². The highest BCUT2D eigenvalue weighted by molar-refractivity contribution is 5.81. The molecule has 1 amide bonds. The second-order valence-electron chi connectivity index (χ2n) is 8.88. The number of aromatic nitrogens is 3. The summed E-state index contributed by atoms with van der Waals surface area (Å²) in [4.78, 5) is 26.5. The minimum Gasteiger partial charge on any atom is -0.478 e. The number of amides is 1. The summed E-state index contributed by atoms with van der Waals surface area (Å²) in [5, 5.41) is 3.10. The summed E-state index contributed by atoms with van der Waals surface area (Å²) < 4.78 is 19.7. The van der Waals surface area contributed by atoms with Gasteiger partial charge in [-0.2, -0.15) is 0 Å². The van der Waals surface area contributed by atoms with Gasteiger partial charge in [-0.3, -0.25) is 9.78 Å². The standard InChI is InChI=1S/C25H27FN4O2/c1-4-21(32-22-8-6-5-7-18(22)26)24(31)30-20-14-25(2,3)13-19-17(20)15-28-23(29-19)16-9-11-27-12-10-16/h5-12,15,20-21H,4,13-14H2,1-3H3,(H,30,31)/t20-,21+/m1/s1. The van der Waals surface area contributed by atoms with Gasteiger partial charge in [0.25, 0.3) is 5.91 Å². The molecule has 166 valence electrons. The number of benzene rings is 1. The summed E-state index contributed by atoms with van der Waals surface area (Å²) in [7, 11) is 0. The molecule has 0 saturated heterocycles. The molecule has 0 bridgehead atoms. The van der Waals surface area contributed by atoms with Crippen molar-refractivity contribution in [1.82, 2.24) is 20.3 Å². The van der Waals surface area contributed by atoms with E-state index in [4.69, 9.17) is 9.72 Å². The largest absolute Gasteiger partial charge is 0.478 e. The van der Waals surface area contributed by atoms with Gasteiger partial charge < -0.3 is 10.1 Å². The van der Waals surface area contributed by atoms with Gasteiger partial charge in [0.05, 0.1) is 11.7 Å². The van der Waals surface area contributed by atoms with Crippen molar-refractivity contribution in [2.75, 3.05) is 0 Å². The van der Waals surface area contributed by atoms with Gasteiger partial charge >= 0.3 is 0 Å². The van der Waals surface area contributed by atoms with E-state index in [1.54, 1.807) is 30.7 Å². The zero-order chi connectivity index (χ0) is 22.7. The SMILES string of the molecule is CC[C@H](Oc1ccccc1F)C(=O)N[C@@H]1CC(C)(C)Cc2nc(-c3ccncc3)ncc21. The Labute approximate surface area is 187 Å². The van der Waals surface area contributed by atoms with Gasteiger partial charge in [-0.05, 0) is 48.9 Å². The highest BCUT2D eigenvalue weighted by Crippen LogP contribution is 2.40. The Hall–Kier alpha value is -3.35. The molecule has 2 heterocycles. The highest BCUT2D eigenvalue weighted by atomic mass is 19.1. The molecule has 0 saturated carbocycles. The molecule has 6 nitrogen and oxygen atoms in total. The lowest BCUT2D eigenvalue weighted by Crippen LogP contribution is -2.43. The number of hydrogen-bond acceptors (Lipinski definition) is 5. The lowest BCUT2D eigenvalue weighted by Gasteiger charge is -2.37. The van der Waals surface area contributed by atoms with E-state index in [0.29, 0.717) is 12.2 Å². The Morgan fingerprint density at radius 3 is 2.72 bits per heavy atom. The molecule has 3 aromatic rings. The topological polar surface area (TPSA) is 77.0 Å². The fraction of sp³-hybridized carbons (Fsp3) is 0.360. The monoisotopic (exact) mass is 434 g/mol. The molecule has 2 aromatic heterocycles. The molecule has 0 aliphatic heterocycles. The fourth-order valence-corrected chi connectivity index (χ4v) is 4.10. The van der Waals surface area contributed by atoms with Crippen molar-refractivity contribution in [3.05, 3.63) is 72.1 Å². The number of carbonyl (C=O) groups excluding carboxylic acids is 1. The van der Waals surface area contributed by atoms with E-state index < -0.39 is 11.9 Å². The van der Waals surface area contributed by atoms with E-state index in [-0.39, 0.29) is 23.1 Å². The van der Waals surface area contributed by atoms with Crippen LogP contribution in [0.15, 0.2) is 55.0 Å². The number of fused-ring (bicyclic) bond motifs is 1. The van der Waals surface area contributed by atoms with Crippen LogP contribution < -0.4 is 10.1 Å². The third-order valence-corrected chi connectivity index (χ3v) is 5.70. The Balaban J connectivity index is 1.57. The first-order valence-corrected chi connectivity index (χ1v) is 10.8. The van der Waals surface area contributed by atoms with Crippen LogP contribution in [0.25, 0.3) is 11.4 Å². The van der Waals surface area contributed by atoms with Crippen LogP contribution in [0, 0.1) is 11.2 Å². The Morgan fingerprint density at radius 1 is 1.25 bits per heavy atom. The molecule has 1 N–H and O–H groups in total. The van der Waals surface area contributed by atoms with Crippen LogP contribution in [0.3, 0.4) is 0 Å². The van der Waals surface area contributed by atoms with Crippen molar-refractivity contribution >= 4 is 5.91 Å². The number of pyridine rings is 1. The predicted octanol–water partition coefficient (Wildman–Crippen LogP) is 4.67. The molecular weight excluding hydrogens is 407 g/mol. The van der Waals surface area contributed by atoms with Gasteiger partial charge in [-0.1, -0.05) is 32.9 Å². The molecule has 0 spiro atoms. The summed E-state index contributed by atoms with van der Waals surface area (Å²) in [5.74, 6) is -0.0463. The van der Waals surface area contributed by atoms with Crippen LogP contribution in [0.5, 0.6) is 5.75 Å². The number of carbonyl (C=O) groups is 1. The average Bonchev–Trinajstić information content (AvgIpc) is 2.78. The first kappa shape index (κ1) is 21.9. The maximum Gasteiger partial charge on any atom is 0.261 e. The van der Waals surface area contributed by atoms with Crippen LogP contribution in [0.4, 0.5) is 4.39 Å². The number of ether oxygens (including phenoxy) is 1.